The second kappa shape index (κ2) is 8.93. The normalized spacial score (nSPS) is 19.8. The topological polar surface area (TPSA) is 49.3 Å². The summed E-state index contributed by atoms with van der Waals surface area (Å²) in [6, 6.07) is 6.85. The average Bonchev–Trinajstić information content (AvgIpc) is 2.65. The number of halogens is 5. The minimum absolute atomic E-state index is 0.0244. The number of hydrogen-bond donors (Lipinski definition) is 2. The van der Waals surface area contributed by atoms with E-state index in [1.54, 1.807) is 0 Å². The van der Waals surface area contributed by atoms with Gasteiger partial charge in [0.15, 0.2) is 0 Å². The minimum Gasteiger partial charge on any atom is -0.393 e. The zero-order chi connectivity index (χ0) is 21.2. The summed E-state index contributed by atoms with van der Waals surface area (Å²) in [7, 11) is 0. The lowest BCUT2D eigenvalue weighted by molar-refractivity contribution is -0.139. The van der Waals surface area contributed by atoms with Crippen LogP contribution in [0.25, 0.3) is 0 Å². The predicted molar refractivity (Wildman–Crippen MR) is 105 cm³/mol. The molecule has 1 aliphatic carbocycles. The zero-order valence-electron chi connectivity index (χ0n) is 15.1. The van der Waals surface area contributed by atoms with Crippen molar-refractivity contribution < 1.29 is 27.5 Å². The number of benzene rings is 2. The van der Waals surface area contributed by atoms with Crippen molar-refractivity contribution in [2.45, 2.75) is 48.1 Å². The van der Waals surface area contributed by atoms with Crippen LogP contribution < -0.4 is 5.32 Å². The molecule has 9 heteroatoms. The van der Waals surface area contributed by atoms with Gasteiger partial charge in [0.2, 0.25) is 0 Å². The number of rotatable bonds is 4. The molecule has 29 heavy (non-hydrogen) atoms. The van der Waals surface area contributed by atoms with Gasteiger partial charge >= 0.3 is 6.18 Å². The molecule has 2 aromatic rings. The van der Waals surface area contributed by atoms with Gasteiger partial charge in [0.1, 0.15) is 5.82 Å². The number of aliphatic hydroxyl groups is 1. The Morgan fingerprint density at radius 1 is 1.10 bits per heavy atom. The van der Waals surface area contributed by atoms with Gasteiger partial charge in [0.05, 0.1) is 16.7 Å². The number of carbonyl (C=O) groups is 1. The Kier molecular flexibility index (Phi) is 6.76. The molecule has 0 bridgehead atoms. The summed E-state index contributed by atoms with van der Waals surface area (Å²) in [4.78, 5) is 12.5. The molecule has 2 aromatic carbocycles. The number of alkyl halides is 3. The first-order chi connectivity index (χ1) is 13.6. The largest absolute Gasteiger partial charge is 0.417 e. The fourth-order valence-electron chi connectivity index (χ4n) is 3.12. The molecule has 0 aromatic heterocycles. The first-order valence-electron chi connectivity index (χ1n) is 8.96. The third kappa shape index (κ3) is 5.65. The van der Waals surface area contributed by atoms with Crippen LogP contribution in [0.2, 0.25) is 5.02 Å². The predicted octanol–water partition coefficient (Wildman–Crippen LogP) is 6.15. The van der Waals surface area contributed by atoms with E-state index in [-0.39, 0.29) is 26.4 Å². The van der Waals surface area contributed by atoms with Crippen molar-refractivity contribution in [2.24, 2.45) is 0 Å². The summed E-state index contributed by atoms with van der Waals surface area (Å²) in [5.74, 6) is -1.27. The van der Waals surface area contributed by atoms with Crippen molar-refractivity contribution in [3.63, 3.8) is 0 Å². The Hall–Kier alpha value is -1.77. The minimum atomic E-state index is -4.55. The molecular weight excluding hydrogens is 430 g/mol. The Morgan fingerprint density at radius 3 is 2.41 bits per heavy atom. The monoisotopic (exact) mass is 447 g/mol. The SMILES string of the molecule is O=C(Nc1ccc(F)c(Cl)c1)c1ccc(C(F)(F)F)c(SC2CCC(O)CC2)c1. The highest BCUT2D eigenvalue weighted by Gasteiger charge is 2.35. The van der Waals surface area contributed by atoms with E-state index in [2.05, 4.69) is 5.32 Å². The number of anilines is 1. The van der Waals surface area contributed by atoms with Crippen LogP contribution in [0, 0.1) is 5.82 Å². The maximum absolute atomic E-state index is 13.4. The van der Waals surface area contributed by atoms with E-state index in [9.17, 15) is 27.5 Å². The van der Waals surface area contributed by atoms with Gasteiger partial charge in [0, 0.05) is 21.4 Å². The summed E-state index contributed by atoms with van der Waals surface area (Å²) in [5, 5.41) is 11.9. The highest BCUT2D eigenvalue weighted by molar-refractivity contribution is 8.00. The summed E-state index contributed by atoms with van der Waals surface area (Å²) in [6.45, 7) is 0. The first-order valence-corrected chi connectivity index (χ1v) is 10.2. The summed E-state index contributed by atoms with van der Waals surface area (Å²) in [6.07, 6.45) is -2.65. The van der Waals surface area contributed by atoms with E-state index >= 15 is 0 Å². The number of carbonyl (C=O) groups excluding carboxylic acids is 1. The zero-order valence-corrected chi connectivity index (χ0v) is 16.7. The van der Waals surface area contributed by atoms with Gasteiger partial charge in [-0.3, -0.25) is 4.79 Å². The fourth-order valence-corrected chi connectivity index (χ4v) is 4.67. The van der Waals surface area contributed by atoms with Gasteiger partial charge in [-0.25, -0.2) is 4.39 Å². The Balaban J connectivity index is 1.83. The molecule has 0 atom stereocenters. The van der Waals surface area contributed by atoms with Crippen molar-refractivity contribution in [1.29, 1.82) is 0 Å². The lowest BCUT2D eigenvalue weighted by atomic mass is 9.97. The summed E-state index contributed by atoms with van der Waals surface area (Å²) < 4.78 is 53.5. The number of hydrogen-bond acceptors (Lipinski definition) is 3. The lowest BCUT2D eigenvalue weighted by Gasteiger charge is -2.26. The van der Waals surface area contributed by atoms with Crippen LogP contribution in [-0.4, -0.2) is 22.4 Å². The van der Waals surface area contributed by atoms with Crippen molar-refractivity contribution in [3.05, 3.63) is 58.4 Å². The molecule has 0 radical (unpaired) electrons. The molecule has 0 aliphatic heterocycles. The highest BCUT2D eigenvalue weighted by Crippen LogP contribution is 2.41. The lowest BCUT2D eigenvalue weighted by Crippen LogP contribution is -2.20. The van der Waals surface area contributed by atoms with Crippen LogP contribution in [0.5, 0.6) is 0 Å². The Bertz CT molecular complexity index is 899. The molecule has 3 nitrogen and oxygen atoms in total. The van der Waals surface area contributed by atoms with E-state index in [1.165, 1.54) is 18.2 Å². The van der Waals surface area contributed by atoms with Gasteiger partial charge in [-0.05, 0) is 62.1 Å². The van der Waals surface area contributed by atoms with Gasteiger partial charge in [-0.2, -0.15) is 13.2 Å². The van der Waals surface area contributed by atoms with Crippen LogP contribution >= 0.6 is 23.4 Å². The first kappa shape index (κ1) is 21.9. The van der Waals surface area contributed by atoms with Crippen LogP contribution in [0.3, 0.4) is 0 Å². The van der Waals surface area contributed by atoms with Gasteiger partial charge < -0.3 is 10.4 Å². The van der Waals surface area contributed by atoms with Crippen molar-refractivity contribution in [1.82, 2.24) is 0 Å². The molecule has 3 rings (SSSR count). The van der Waals surface area contributed by atoms with Crippen molar-refractivity contribution in [2.75, 3.05) is 5.32 Å². The van der Waals surface area contributed by atoms with E-state index in [4.69, 9.17) is 11.6 Å². The van der Waals surface area contributed by atoms with Gasteiger partial charge in [0.25, 0.3) is 5.91 Å². The third-order valence-electron chi connectivity index (χ3n) is 4.66. The standard InChI is InChI=1S/C20H18ClF4NO2S/c21-16-10-12(2-8-17(16)22)26-19(28)11-1-7-15(20(23,24)25)18(9-11)29-14-5-3-13(27)4-6-14/h1-2,7-10,13-14,27H,3-6H2,(H,26,28). The number of amides is 1. The molecule has 0 unspecified atom stereocenters. The molecular formula is C20H18ClF4NO2S. The van der Waals surface area contributed by atoms with Gasteiger partial charge in [-0.15, -0.1) is 11.8 Å². The van der Waals surface area contributed by atoms with E-state index in [0.29, 0.717) is 25.7 Å². The molecule has 1 fully saturated rings. The number of thioether (sulfide) groups is 1. The second-order valence-electron chi connectivity index (χ2n) is 6.84. The fraction of sp³-hybridized carbons (Fsp3) is 0.350. The smallest absolute Gasteiger partial charge is 0.393 e. The van der Waals surface area contributed by atoms with E-state index < -0.39 is 29.6 Å². The third-order valence-corrected chi connectivity index (χ3v) is 6.35. The van der Waals surface area contributed by atoms with E-state index in [1.807, 2.05) is 0 Å². The van der Waals surface area contributed by atoms with Crippen LogP contribution in [-0.2, 0) is 6.18 Å². The quantitative estimate of drug-likeness (QED) is 0.553. The molecule has 1 saturated carbocycles. The van der Waals surface area contributed by atoms with Crippen molar-refractivity contribution >= 4 is 35.0 Å². The second-order valence-corrected chi connectivity index (χ2v) is 8.59. The summed E-state index contributed by atoms with van der Waals surface area (Å²) >= 11 is 6.77. The molecule has 0 heterocycles. The van der Waals surface area contributed by atoms with Crippen LogP contribution in [0.1, 0.15) is 41.6 Å². The Labute approximate surface area is 174 Å². The van der Waals surface area contributed by atoms with E-state index in [0.717, 1.165) is 30.0 Å². The molecule has 2 N–H and O–H groups in total. The molecule has 1 aliphatic rings. The van der Waals surface area contributed by atoms with Crippen LogP contribution in [0.4, 0.5) is 23.2 Å². The number of nitrogens with one attached hydrogen (secondary N) is 1. The van der Waals surface area contributed by atoms with Gasteiger partial charge in [-0.1, -0.05) is 11.6 Å². The molecule has 0 spiro atoms. The van der Waals surface area contributed by atoms with Crippen molar-refractivity contribution in [3.8, 4) is 0 Å². The summed E-state index contributed by atoms with van der Waals surface area (Å²) in [5.41, 5.74) is -0.511. The maximum atomic E-state index is 13.4. The molecule has 156 valence electrons. The maximum Gasteiger partial charge on any atom is 0.417 e. The van der Waals surface area contributed by atoms with Crippen LogP contribution in [0.15, 0.2) is 41.3 Å². The highest BCUT2D eigenvalue weighted by atomic mass is 35.5. The average molecular weight is 448 g/mol. The number of aliphatic hydroxyl groups excluding tert-OH is 1. The molecule has 0 saturated heterocycles. The Morgan fingerprint density at radius 2 is 1.79 bits per heavy atom. The molecule has 1 amide bonds.